The lowest BCUT2D eigenvalue weighted by Gasteiger charge is -2.14. The second-order valence-electron chi connectivity index (χ2n) is 4.90. The first-order chi connectivity index (χ1) is 10.2. The largest absolute Gasteiger partial charge is 0.373 e. The molecule has 0 bridgehead atoms. The number of hydrogen-bond donors (Lipinski definition) is 1. The molecule has 0 atom stereocenters. The Balaban J connectivity index is 1.77. The molecule has 2 aromatic rings. The summed E-state index contributed by atoms with van der Waals surface area (Å²) < 4.78 is 25.4. The molecule has 0 unspecified atom stereocenters. The smallest absolute Gasteiger partial charge is 0.263 e. The predicted octanol–water partition coefficient (Wildman–Crippen LogP) is 3.52. The van der Waals surface area contributed by atoms with Gasteiger partial charge in [0, 0.05) is 36.3 Å². The van der Waals surface area contributed by atoms with Crippen LogP contribution < -0.4 is 5.32 Å². The van der Waals surface area contributed by atoms with Crippen molar-refractivity contribution in [3.8, 4) is 11.3 Å². The lowest BCUT2D eigenvalue weighted by molar-refractivity contribution is 0.151. The first-order valence-electron chi connectivity index (χ1n) is 6.70. The normalized spacial score (nSPS) is 13.8. The van der Waals surface area contributed by atoms with Crippen LogP contribution in [0, 0.1) is 0 Å². The average molecular weight is 287 g/mol. The molecule has 3 rings (SSSR count). The van der Waals surface area contributed by atoms with Gasteiger partial charge >= 0.3 is 0 Å². The lowest BCUT2D eigenvalue weighted by atomic mass is 10.1. The standard InChI is InChI=1S/C16H15F2N3/c17-16(18)14-3-1-2-13(8-14)15-5-4-12(9-20-15)10-21-7-6-19-11-21/h1-9,16,19H,10-11H2. The monoisotopic (exact) mass is 287 g/mol. The zero-order chi connectivity index (χ0) is 14.7. The van der Waals surface area contributed by atoms with Crippen molar-refractivity contribution in [3.05, 3.63) is 66.1 Å². The molecule has 0 spiro atoms. The third-order valence-corrected chi connectivity index (χ3v) is 3.34. The summed E-state index contributed by atoms with van der Waals surface area (Å²) in [6.45, 7) is 1.56. The number of rotatable bonds is 4. The second kappa shape index (κ2) is 5.91. The van der Waals surface area contributed by atoms with Gasteiger partial charge in [-0.15, -0.1) is 0 Å². The fraction of sp³-hybridized carbons (Fsp3) is 0.188. The van der Waals surface area contributed by atoms with Crippen LogP contribution in [-0.2, 0) is 6.54 Å². The SMILES string of the molecule is FC(F)c1cccc(-c2ccc(CN3C=CNC3)cn2)c1. The van der Waals surface area contributed by atoms with Crippen LogP contribution in [-0.4, -0.2) is 16.6 Å². The van der Waals surface area contributed by atoms with E-state index < -0.39 is 6.43 Å². The van der Waals surface area contributed by atoms with Crippen LogP contribution >= 0.6 is 0 Å². The van der Waals surface area contributed by atoms with Gasteiger partial charge in [-0.2, -0.15) is 0 Å². The molecule has 1 aromatic carbocycles. The number of alkyl halides is 2. The van der Waals surface area contributed by atoms with E-state index in [1.807, 2.05) is 24.5 Å². The predicted molar refractivity (Wildman–Crippen MR) is 77.3 cm³/mol. The van der Waals surface area contributed by atoms with Crippen molar-refractivity contribution in [1.29, 1.82) is 0 Å². The summed E-state index contributed by atoms with van der Waals surface area (Å²) in [5.41, 5.74) is 2.52. The maximum Gasteiger partial charge on any atom is 0.263 e. The minimum Gasteiger partial charge on any atom is -0.373 e. The first-order valence-corrected chi connectivity index (χ1v) is 6.70. The Morgan fingerprint density at radius 3 is 2.81 bits per heavy atom. The van der Waals surface area contributed by atoms with Crippen LogP contribution in [0.1, 0.15) is 17.6 Å². The van der Waals surface area contributed by atoms with E-state index in [2.05, 4.69) is 15.2 Å². The Morgan fingerprint density at radius 1 is 1.24 bits per heavy atom. The number of aromatic nitrogens is 1. The van der Waals surface area contributed by atoms with Crippen molar-refractivity contribution < 1.29 is 8.78 Å². The van der Waals surface area contributed by atoms with Crippen LogP contribution in [0.15, 0.2) is 55.0 Å². The third kappa shape index (κ3) is 3.18. The zero-order valence-electron chi connectivity index (χ0n) is 11.3. The number of benzene rings is 1. The minimum atomic E-state index is -2.46. The number of pyridine rings is 1. The van der Waals surface area contributed by atoms with Crippen LogP contribution in [0.3, 0.4) is 0 Å². The number of nitrogens with one attached hydrogen (secondary N) is 1. The molecule has 0 aliphatic carbocycles. The maximum absolute atomic E-state index is 12.7. The molecule has 1 aromatic heterocycles. The van der Waals surface area contributed by atoms with Crippen molar-refractivity contribution >= 4 is 0 Å². The summed E-state index contributed by atoms with van der Waals surface area (Å²) in [5, 5.41) is 3.10. The fourth-order valence-corrected chi connectivity index (χ4v) is 2.25. The molecular weight excluding hydrogens is 272 g/mol. The van der Waals surface area contributed by atoms with Crippen molar-refractivity contribution in [2.45, 2.75) is 13.0 Å². The van der Waals surface area contributed by atoms with Crippen molar-refractivity contribution in [2.75, 3.05) is 6.67 Å². The van der Waals surface area contributed by atoms with E-state index in [4.69, 9.17) is 0 Å². The van der Waals surface area contributed by atoms with Gasteiger partial charge in [0.15, 0.2) is 0 Å². The highest BCUT2D eigenvalue weighted by Gasteiger charge is 2.09. The number of nitrogens with zero attached hydrogens (tertiary/aromatic N) is 2. The summed E-state index contributed by atoms with van der Waals surface area (Å²) >= 11 is 0. The van der Waals surface area contributed by atoms with E-state index in [-0.39, 0.29) is 5.56 Å². The molecule has 2 heterocycles. The van der Waals surface area contributed by atoms with Crippen LogP contribution in [0.2, 0.25) is 0 Å². The zero-order valence-corrected chi connectivity index (χ0v) is 11.3. The second-order valence-corrected chi connectivity index (χ2v) is 4.90. The van der Waals surface area contributed by atoms with Gasteiger partial charge in [-0.1, -0.05) is 24.3 Å². The molecule has 3 nitrogen and oxygen atoms in total. The minimum absolute atomic E-state index is 0.0201. The summed E-state index contributed by atoms with van der Waals surface area (Å²) in [6.07, 6.45) is 3.22. The van der Waals surface area contributed by atoms with Gasteiger partial charge in [-0.25, -0.2) is 8.78 Å². The summed E-state index contributed by atoms with van der Waals surface area (Å²) in [7, 11) is 0. The molecule has 0 fully saturated rings. The molecule has 108 valence electrons. The highest BCUT2D eigenvalue weighted by Crippen LogP contribution is 2.24. The third-order valence-electron chi connectivity index (χ3n) is 3.34. The van der Waals surface area contributed by atoms with E-state index in [1.54, 1.807) is 18.3 Å². The van der Waals surface area contributed by atoms with Gasteiger partial charge < -0.3 is 10.2 Å². The van der Waals surface area contributed by atoms with Gasteiger partial charge in [-0.3, -0.25) is 4.98 Å². The van der Waals surface area contributed by atoms with Gasteiger partial charge in [0.25, 0.3) is 6.43 Å². The molecule has 1 N–H and O–H groups in total. The highest BCUT2D eigenvalue weighted by molar-refractivity contribution is 5.60. The first kappa shape index (κ1) is 13.5. The molecule has 5 heteroatoms. The topological polar surface area (TPSA) is 28.2 Å². The van der Waals surface area contributed by atoms with E-state index in [9.17, 15) is 8.78 Å². The summed E-state index contributed by atoms with van der Waals surface area (Å²) in [6, 6.07) is 10.2. The maximum atomic E-state index is 12.7. The summed E-state index contributed by atoms with van der Waals surface area (Å²) in [4.78, 5) is 6.49. The van der Waals surface area contributed by atoms with E-state index in [0.29, 0.717) is 11.3 Å². The molecule has 0 radical (unpaired) electrons. The fourth-order valence-electron chi connectivity index (χ4n) is 2.25. The van der Waals surface area contributed by atoms with Crippen LogP contribution in [0.4, 0.5) is 8.78 Å². The highest BCUT2D eigenvalue weighted by atomic mass is 19.3. The molecule has 0 amide bonds. The van der Waals surface area contributed by atoms with E-state index in [1.165, 1.54) is 12.1 Å². The Kier molecular flexibility index (Phi) is 3.81. The van der Waals surface area contributed by atoms with Gasteiger partial charge in [0.05, 0.1) is 12.4 Å². The van der Waals surface area contributed by atoms with Gasteiger partial charge in [0.1, 0.15) is 0 Å². The lowest BCUT2D eigenvalue weighted by Crippen LogP contribution is -2.19. The molecule has 21 heavy (non-hydrogen) atoms. The van der Waals surface area contributed by atoms with Crippen LogP contribution in [0.5, 0.6) is 0 Å². The quantitative estimate of drug-likeness (QED) is 0.932. The van der Waals surface area contributed by atoms with E-state index >= 15 is 0 Å². The Bertz CT molecular complexity index is 638. The van der Waals surface area contributed by atoms with Crippen LogP contribution in [0.25, 0.3) is 11.3 Å². The number of hydrogen-bond acceptors (Lipinski definition) is 3. The van der Waals surface area contributed by atoms with Gasteiger partial charge in [-0.05, 0) is 17.7 Å². The molecule has 1 aliphatic heterocycles. The van der Waals surface area contributed by atoms with Crippen molar-refractivity contribution in [2.24, 2.45) is 0 Å². The van der Waals surface area contributed by atoms with Gasteiger partial charge in [0.2, 0.25) is 0 Å². The van der Waals surface area contributed by atoms with Crippen molar-refractivity contribution in [3.63, 3.8) is 0 Å². The summed E-state index contributed by atoms with van der Waals surface area (Å²) in [5.74, 6) is 0. The average Bonchev–Trinajstić information content (AvgIpc) is 3.01. The molecule has 1 aliphatic rings. The Morgan fingerprint density at radius 2 is 2.14 bits per heavy atom. The molecule has 0 saturated carbocycles. The molecule has 0 saturated heterocycles. The van der Waals surface area contributed by atoms with E-state index in [0.717, 1.165) is 18.8 Å². The molecular formula is C16H15F2N3. The number of halogens is 2. The van der Waals surface area contributed by atoms with Crippen molar-refractivity contribution in [1.82, 2.24) is 15.2 Å². The Hall–Kier alpha value is -2.43. The Labute approximate surface area is 121 Å².